The molecule has 0 fully saturated rings. The van der Waals surface area contributed by atoms with Crippen LogP contribution in [0.5, 0.6) is 0 Å². The van der Waals surface area contributed by atoms with E-state index in [0.29, 0.717) is 17.4 Å². The summed E-state index contributed by atoms with van der Waals surface area (Å²) in [7, 11) is 0. The summed E-state index contributed by atoms with van der Waals surface area (Å²) in [5.41, 5.74) is 0.00889. The highest BCUT2D eigenvalue weighted by Gasteiger charge is 2.05. The number of pyridine rings is 1. The van der Waals surface area contributed by atoms with E-state index in [4.69, 9.17) is 5.11 Å². The maximum absolute atomic E-state index is 10.5. The van der Waals surface area contributed by atoms with Crippen LogP contribution in [0.3, 0.4) is 0 Å². The van der Waals surface area contributed by atoms with E-state index in [1.807, 2.05) is 0 Å². The second-order valence-corrected chi connectivity index (χ2v) is 2.32. The van der Waals surface area contributed by atoms with Crippen molar-refractivity contribution in [2.45, 2.75) is 0 Å². The summed E-state index contributed by atoms with van der Waals surface area (Å²) < 4.78 is 0. The average Bonchev–Trinajstić information content (AvgIpc) is 2.49. The van der Waals surface area contributed by atoms with E-state index in [0.717, 1.165) is 0 Å². The van der Waals surface area contributed by atoms with E-state index in [1.54, 1.807) is 0 Å². The topological polar surface area (TPSA) is 74.9 Å². The van der Waals surface area contributed by atoms with Gasteiger partial charge in [0.05, 0.1) is 11.6 Å². The molecule has 1 aliphatic heterocycles. The minimum atomic E-state index is -1.04. The summed E-state index contributed by atoms with van der Waals surface area (Å²) >= 11 is 0. The molecule has 2 heterocycles. The maximum atomic E-state index is 10.5. The molecule has 0 aliphatic carbocycles. The lowest BCUT2D eigenvalue weighted by Gasteiger charge is -1.88. The van der Waals surface area contributed by atoms with Gasteiger partial charge in [0.1, 0.15) is 17.7 Å². The van der Waals surface area contributed by atoms with Crippen LogP contribution in [0.1, 0.15) is 10.5 Å². The molecular weight excluding hydrogens is 158 g/mol. The number of hydrogen-bond acceptors (Lipinski definition) is 4. The lowest BCUT2D eigenvalue weighted by Crippen LogP contribution is -2.24. The van der Waals surface area contributed by atoms with Crippen molar-refractivity contribution in [2.75, 3.05) is 6.67 Å². The number of aromatic carboxylic acids is 1. The van der Waals surface area contributed by atoms with Crippen molar-refractivity contribution < 1.29 is 9.90 Å². The molecule has 0 atom stereocenters. The van der Waals surface area contributed by atoms with Crippen LogP contribution in [-0.4, -0.2) is 22.7 Å². The van der Waals surface area contributed by atoms with E-state index >= 15 is 0 Å². The van der Waals surface area contributed by atoms with Crippen molar-refractivity contribution in [2.24, 2.45) is 9.98 Å². The summed E-state index contributed by atoms with van der Waals surface area (Å²) in [4.78, 5) is 22.1. The molecule has 2 rings (SSSR count). The van der Waals surface area contributed by atoms with Gasteiger partial charge in [-0.3, -0.25) is 9.98 Å². The normalized spacial score (nSPS) is 13.0. The molecule has 0 spiro atoms. The Morgan fingerprint density at radius 1 is 1.42 bits per heavy atom. The van der Waals surface area contributed by atoms with Crippen LogP contribution in [-0.2, 0) is 0 Å². The van der Waals surface area contributed by atoms with Crippen molar-refractivity contribution in [3.63, 3.8) is 0 Å². The fraction of sp³-hybridized carbons (Fsp3) is 0.143. The highest BCUT2D eigenvalue weighted by Crippen LogP contribution is 1.86. The summed E-state index contributed by atoms with van der Waals surface area (Å²) in [5.74, 6) is -1.04. The minimum absolute atomic E-state index is 0.00889. The van der Waals surface area contributed by atoms with Gasteiger partial charge in [0.15, 0.2) is 0 Å². The van der Waals surface area contributed by atoms with Crippen LogP contribution in [0.4, 0.5) is 0 Å². The quantitative estimate of drug-likeness (QED) is 0.576. The molecule has 1 aromatic rings. The zero-order valence-electron chi connectivity index (χ0n) is 6.06. The average molecular weight is 163 g/mol. The Morgan fingerprint density at radius 2 is 2.17 bits per heavy atom. The lowest BCUT2D eigenvalue weighted by atomic mass is 10.3. The van der Waals surface area contributed by atoms with Crippen LogP contribution in [0.15, 0.2) is 22.2 Å². The molecule has 1 aliphatic rings. The van der Waals surface area contributed by atoms with Gasteiger partial charge in [0.2, 0.25) is 0 Å². The van der Waals surface area contributed by atoms with Gasteiger partial charge in [-0.25, -0.2) is 9.78 Å². The number of rotatable bonds is 1. The molecule has 0 saturated heterocycles. The van der Waals surface area contributed by atoms with Crippen molar-refractivity contribution in [3.05, 3.63) is 28.7 Å². The van der Waals surface area contributed by atoms with E-state index in [9.17, 15) is 4.79 Å². The molecule has 5 heteroatoms. The highest BCUT2D eigenvalue weighted by atomic mass is 16.4. The lowest BCUT2D eigenvalue weighted by molar-refractivity contribution is 0.0690. The number of carboxylic acid groups (broad SMARTS) is 1. The third-order valence-corrected chi connectivity index (χ3v) is 1.56. The predicted molar refractivity (Wildman–Crippen MR) is 38.4 cm³/mol. The first-order chi connectivity index (χ1) is 5.77. The van der Waals surface area contributed by atoms with Gasteiger partial charge in [-0.1, -0.05) is 0 Å². The van der Waals surface area contributed by atoms with Gasteiger partial charge in [-0.15, -0.1) is 0 Å². The van der Waals surface area contributed by atoms with Gasteiger partial charge in [0.25, 0.3) is 0 Å². The highest BCUT2D eigenvalue weighted by molar-refractivity contribution is 5.84. The Morgan fingerprint density at radius 3 is 2.92 bits per heavy atom. The van der Waals surface area contributed by atoms with E-state index in [1.165, 1.54) is 12.3 Å². The van der Waals surface area contributed by atoms with E-state index in [2.05, 4.69) is 15.0 Å². The zero-order valence-corrected chi connectivity index (χ0v) is 6.06. The number of fused-ring (bicyclic) bond motifs is 1. The standard InChI is InChI=1S/C7H5N3O2/c11-7(12)5-1-4-6(2-8-5)10-3-9-4/h1-2H,3H2,(H,11,12). The number of aromatic nitrogens is 1. The second-order valence-electron chi connectivity index (χ2n) is 2.32. The van der Waals surface area contributed by atoms with Crippen LogP contribution in [0.2, 0.25) is 0 Å². The summed E-state index contributed by atoms with van der Waals surface area (Å²) in [6, 6.07) is 1.42. The number of carbonyl (C=O) groups is 1. The Balaban J connectivity index is 2.69. The molecule has 1 aromatic heterocycles. The number of hydrogen-bond donors (Lipinski definition) is 1. The smallest absolute Gasteiger partial charge is 0.354 e. The molecule has 0 amide bonds. The first kappa shape index (κ1) is 6.90. The number of carboxylic acids is 1. The predicted octanol–water partition coefficient (Wildman–Crippen LogP) is -1.01. The summed E-state index contributed by atoms with van der Waals surface area (Å²) in [6.45, 7) is 0.375. The van der Waals surface area contributed by atoms with Crippen molar-refractivity contribution >= 4 is 5.97 Å². The van der Waals surface area contributed by atoms with Crippen molar-refractivity contribution in [1.29, 1.82) is 0 Å². The second kappa shape index (κ2) is 2.37. The third kappa shape index (κ3) is 0.952. The fourth-order valence-electron chi connectivity index (χ4n) is 0.991. The summed E-state index contributed by atoms with van der Waals surface area (Å²) in [5, 5.41) is 9.86. The van der Waals surface area contributed by atoms with Gasteiger partial charge in [-0.05, 0) is 6.07 Å². The SMILES string of the molecule is O=C(O)c1cc2c(cn1)=NCN=2. The molecule has 0 radical (unpaired) electrons. The fourth-order valence-corrected chi connectivity index (χ4v) is 0.991. The molecule has 1 N–H and O–H groups in total. The molecule has 0 unspecified atom stereocenters. The Kier molecular flexibility index (Phi) is 1.36. The summed E-state index contributed by atoms with van der Waals surface area (Å²) in [6.07, 6.45) is 1.43. The molecule has 5 nitrogen and oxygen atoms in total. The molecular formula is C7H5N3O2. The number of nitrogens with zero attached hydrogens (tertiary/aromatic N) is 3. The minimum Gasteiger partial charge on any atom is -0.477 e. The molecule has 0 saturated carbocycles. The van der Waals surface area contributed by atoms with Crippen LogP contribution in [0, 0.1) is 0 Å². The first-order valence-corrected chi connectivity index (χ1v) is 3.36. The monoisotopic (exact) mass is 163 g/mol. The molecule has 0 aromatic carbocycles. The van der Waals surface area contributed by atoms with E-state index < -0.39 is 5.97 Å². The van der Waals surface area contributed by atoms with Crippen LogP contribution in [0.25, 0.3) is 0 Å². The van der Waals surface area contributed by atoms with Crippen LogP contribution >= 0.6 is 0 Å². The van der Waals surface area contributed by atoms with Crippen molar-refractivity contribution in [3.8, 4) is 0 Å². The van der Waals surface area contributed by atoms with Gasteiger partial charge < -0.3 is 5.11 Å². The Bertz CT molecular complexity index is 452. The van der Waals surface area contributed by atoms with Crippen LogP contribution < -0.4 is 10.7 Å². The van der Waals surface area contributed by atoms with E-state index in [-0.39, 0.29) is 5.69 Å². The first-order valence-electron chi connectivity index (χ1n) is 3.36. The molecule has 12 heavy (non-hydrogen) atoms. The third-order valence-electron chi connectivity index (χ3n) is 1.56. The maximum Gasteiger partial charge on any atom is 0.354 e. The Labute approximate surface area is 67.1 Å². The van der Waals surface area contributed by atoms with Crippen molar-refractivity contribution in [1.82, 2.24) is 4.98 Å². The zero-order chi connectivity index (χ0) is 8.55. The van der Waals surface area contributed by atoms with Gasteiger partial charge >= 0.3 is 5.97 Å². The largest absolute Gasteiger partial charge is 0.477 e. The Hall–Kier alpha value is -1.78. The molecule has 60 valence electrons. The van der Waals surface area contributed by atoms with Gasteiger partial charge in [-0.2, -0.15) is 0 Å². The van der Waals surface area contributed by atoms with Gasteiger partial charge in [0, 0.05) is 0 Å². The molecule has 0 bridgehead atoms.